The first-order valence-corrected chi connectivity index (χ1v) is 8.47. The standard InChI is InChI=1S/C15H28N6O/c1-12(22)9-20-7-5-13(6-8-20)10-19(2)11-15-16-17-18-21(15)14-3-4-14/h12-14,22H,3-11H2,1-2H3/t12-/m1/s1. The highest BCUT2D eigenvalue weighted by atomic mass is 16.3. The molecule has 22 heavy (non-hydrogen) atoms. The van der Waals surface area contributed by atoms with E-state index < -0.39 is 0 Å². The second-order valence-corrected chi connectivity index (χ2v) is 7.06. The van der Waals surface area contributed by atoms with Crippen molar-refractivity contribution in [2.75, 3.05) is 33.2 Å². The Labute approximate surface area is 132 Å². The molecule has 1 saturated heterocycles. The van der Waals surface area contributed by atoms with E-state index in [-0.39, 0.29) is 6.10 Å². The largest absolute Gasteiger partial charge is 0.392 e. The second-order valence-electron chi connectivity index (χ2n) is 7.06. The first-order chi connectivity index (χ1) is 10.6. The van der Waals surface area contributed by atoms with Gasteiger partial charge in [-0.3, -0.25) is 4.90 Å². The van der Waals surface area contributed by atoms with Crippen molar-refractivity contribution in [1.82, 2.24) is 30.0 Å². The molecule has 0 bridgehead atoms. The number of rotatable bonds is 7. The third-order valence-electron chi connectivity index (χ3n) is 4.66. The maximum Gasteiger partial charge on any atom is 0.165 e. The lowest BCUT2D eigenvalue weighted by Crippen LogP contribution is -2.40. The molecule has 3 rings (SSSR count). The van der Waals surface area contributed by atoms with Gasteiger partial charge < -0.3 is 10.0 Å². The number of hydrogen-bond donors (Lipinski definition) is 1. The Balaban J connectivity index is 1.42. The molecular weight excluding hydrogens is 280 g/mol. The molecule has 2 aliphatic rings. The summed E-state index contributed by atoms with van der Waals surface area (Å²) in [5, 5.41) is 21.6. The second kappa shape index (κ2) is 7.02. The highest BCUT2D eigenvalue weighted by Gasteiger charge is 2.28. The SMILES string of the molecule is C[C@@H](O)CN1CCC(CN(C)Cc2nnnn2C2CC2)CC1. The summed E-state index contributed by atoms with van der Waals surface area (Å²) in [5.74, 6) is 1.73. The molecule has 7 heteroatoms. The Bertz CT molecular complexity index is 464. The van der Waals surface area contributed by atoms with Crippen LogP contribution in [0.3, 0.4) is 0 Å². The minimum absolute atomic E-state index is 0.222. The lowest BCUT2D eigenvalue weighted by molar-refractivity contribution is 0.0915. The third kappa shape index (κ3) is 4.24. The van der Waals surface area contributed by atoms with Gasteiger partial charge in [-0.2, -0.15) is 0 Å². The Kier molecular flexibility index (Phi) is 5.05. The van der Waals surface area contributed by atoms with Crippen molar-refractivity contribution in [2.24, 2.45) is 5.92 Å². The summed E-state index contributed by atoms with van der Waals surface area (Å²) in [6, 6.07) is 0.544. The van der Waals surface area contributed by atoms with Crippen LogP contribution in [-0.4, -0.2) is 74.4 Å². The molecule has 0 aromatic carbocycles. The van der Waals surface area contributed by atoms with Crippen LogP contribution in [-0.2, 0) is 6.54 Å². The number of aliphatic hydroxyl groups is 1. The van der Waals surface area contributed by atoms with Crippen LogP contribution in [0.1, 0.15) is 44.5 Å². The smallest absolute Gasteiger partial charge is 0.165 e. The number of aromatic nitrogens is 4. The maximum atomic E-state index is 9.46. The quantitative estimate of drug-likeness (QED) is 0.792. The first-order valence-electron chi connectivity index (χ1n) is 8.47. The van der Waals surface area contributed by atoms with E-state index >= 15 is 0 Å². The summed E-state index contributed by atoms with van der Waals surface area (Å²) in [6.45, 7) is 6.80. The zero-order chi connectivity index (χ0) is 15.5. The van der Waals surface area contributed by atoms with Gasteiger partial charge in [0.05, 0.1) is 18.7 Å². The molecule has 0 unspecified atom stereocenters. The Morgan fingerprint density at radius 3 is 2.64 bits per heavy atom. The molecule has 0 amide bonds. The van der Waals surface area contributed by atoms with Crippen LogP contribution in [0.2, 0.25) is 0 Å². The van der Waals surface area contributed by atoms with Crippen molar-refractivity contribution in [1.29, 1.82) is 0 Å². The van der Waals surface area contributed by atoms with Crippen molar-refractivity contribution in [3.63, 3.8) is 0 Å². The predicted octanol–water partition coefficient (Wildman–Crippen LogP) is 0.533. The summed E-state index contributed by atoms with van der Waals surface area (Å²) >= 11 is 0. The number of likely N-dealkylation sites (tertiary alicyclic amines) is 1. The minimum Gasteiger partial charge on any atom is -0.392 e. The third-order valence-corrected chi connectivity index (χ3v) is 4.66. The van der Waals surface area contributed by atoms with Crippen LogP contribution in [0.5, 0.6) is 0 Å². The van der Waals surface area contributed by atoms with Crippen LogP contribution in [0.25, 0.3) is 0 Å². The van der Waals surface area contributed by atoms with Crippen LogP contribution >= 0.6 is 0 Å². The van der Waals surface area contributed by atoms with Gasteiger partial charge in [0.1, 0.15) is 0 Å². The monoisotopic (exact) mass is 308 g/mol. The van der Waals surface area contributed by atoms with Crippen molar-refractivity contribution in [2.45, 2.75) is 51.3 Å². The fourth-order valence-corrected chi connectivity index (χ4v) is 3.39. The summed E-state index contributed by atoms with van der Waals surface area (Å²) < 4.78 is 2.00. The number of nitrogens with zero attached hydrogens (tertiary/aromatic N) is 6. The molecule has 7 nitrogen and oxygen atoms in total. The van der Waals surface area contributed by atoms with Gasteiger partial charge in [-0.1, -0.05) is 0 Å². The molecule has 1 N–H and O–H groups in total. The molecule has 124 valence electrons. The van der Waals surface area contributed by atoms with Gasteiger partial charge in [-0.05, 0) is 69.1 Å². The fourth-order valence-electron chi connectivity index (χ4n) is 3.39. The van der Waals surface area contributed by atoms with E-state index in [2.05, 4.69) is 32.4 Å². The number of β-amino-alcohol motifs (C(OH)–C–C–N with tert-alkyl or cyclic N) is 1. The molecule has 1 aliphatic heterocycles. The minimum atomic E-state index is -0.222. The summed E-state index contributed by atoms with van der Waals surface area (Å²) in [6.07, 6.45) is 4.63. The number of piperidine rings is 1. The number of tetrazole rings is 1. The zero-order valence-corrected chi connectivity index (χ0v) is 13.7. The van der Waals surface area contributed by atoms with Gasteiger partial charge in [-0.25, -0.2) is 4.68 Å². The summed E-state index contributed by atoms with van der Waals surface area (Å²) in [5.41, 5.74) is 0. The van der Waals surface area contributed by atoms with Crippen molar-refractivity contribution >= 4 is 0 Å². The van der Waals surface area contributed by atoms with E-state index in [1.165, 1.54) is 25.7 Å². The summed E-state index contributed by atoms with van der Waals surface area (Å²) in [7, 11) is 2.16. The topological polar surface area (TPSA) is 70.3 Å². The fraction of sp³-hybridized carbons (Fsp3) is 0.933. The van der Waals surface area contributed by atoms with Crippen LogP contribution in [0, 0.1) is 5.92 Å². The summed E-state index contributed by atoms with van der Waals surface area (Å²) in [4.78, 5) is 4.72. The normalized spacial score (nSPS) is 22.4. The molecule has 0 radical (unpaired) electrons. The van der Waals surface area contributed by atoms with Gasteiger partial charge in [0.15, 0.2) is 5.82 Å². The van der Waals surface area contributed by atoms with E-state index in [1.807, 2.05) is 11.6 Å². The van der Waals surface area contributed by atoms with Crippen molar-refractivity contribution < 1.29 is 5.11 Å². The number of aliphatic hydroxyl groups excluding tert-OH is 1. The number of hydrogen-bond acceptors (Lipinski definition) is 6. The molecule has 1 aliphatic carbocycles. The van der Waals surface area contributed by atoms with Gasteiger partial charge in [0, 0.05) is 13.1 Å². The average Bonchev–Trinajstić information content (AvgIpc) is 3.21. The van der Waals surface area contributed by atoms with E-state index in [4.69, 9.17) is 0 Å². The van der Waals surface area contributed by atoms with Crippen molar-refractivity contribution in [3.8, 4) is 0 Å². The molecular formula is C15H28N6O. The van der Waals surface area contributed by atoms with E-state index in [9.17, 15) is 5.11 Å². The van der Waals surface area contributed by atoms with Crippen LogP contribution < -0.4 is 0 Å². The molecule has 1 atom stereocenters. The van der Waals surface area contributed by atoms with Gasteiger partial charge in [0.25, 0.3) is 0 Å². The maximum absolute atomic E-state index is 9.46. The predicted molar refractivity (Wildman–Crippen MR) is 83.3 cm³/mol. The average molecular weight is 308 g/mol. The zero-order valence-electron chi connectivity index (χ0n) is 13.7. The van der Waals surface area contributed by atoms with E-state index in [0.29, 0.717) is 6.04 Å². The lowest BCUT2D eigenvalue weighted by Gasteiger charge is -2.34. The Morgan fingerprint density at radius 2 is 2.00 bits per heavy atom. The van der Waals surface area contributed by atoms with Gasteiger partial charge >= 0.3 is 0 Å². The lowest BCUT2D eigenvalue weighted by atomic mass is 9.96. The molecule has 1 aromatic heterocycles. The molecule has 2 fully saturated rings. The van der Waals surface area contributed by atoms with E-state index in [1.54, 1.807) is 0 Å². The van der Waals surface area contributed by atoms with Crippen molar-refractivity contribution in [3.05, 3.63) is 5.82 Å². The molecule has 1 saturated carbocycles. The highest BCUT2D eigenvalue weighted by molar-refractivity contribution is 4.90. The van der Waals surface area contributed by atoms with Crippen LogP contribution in [0.15, 0.2) is 0 Å². The van der Waals surface area contributed by atoms with Gasteiger partial charge in [-0.15, -0.1) is 5.10 Å². The Morgan fingerprint density at radius 1 is 1.27 bits per heavy atom. The van der Waals surface area contributed by atoms with Crippen LogP contribution in [0.4, 0.5) is 0 Å². The van der Waals surface area contributed by atoms with Gasteiger partial charge in [0.2, 0.25) is 0 Å². The molecule has 0 spiro atoms. The molecule has 2 heterocycles. The highest BCUT2D eigenvalue weighted by Crippen LogP contribution is 2.34. The first kappa shape index (κ1) is 15.8. The Hall–Kier alpha value is -1.05. The molecule has 1 aromatic rings. The van der Waals surface area contributed by atoms with E-state index in [0.717, 1.165) is 44.5 Å².